The molecule has 0 saturated heterocycles. The van der Waals surface area contributed by atoms with Crippen LogP contribution in [0.1, 0.15) is 10.4 Å². The van der Waals surface area contributed by atoms with Gasteiger partial charge in [0.05, 0.1) is 0 Å². The quantitative estimate of drug-likeness (QED) is 0.830. The van der Waals surface area contributed by atoms with Gasteiger partial charge in [-0.05, 0) is 48.2 Å². The molecule has 2 heteroatoms. The van der Waals surface area contributed by atoms with Gasteiger partial charge in [-0.25, -0.2) is 0 Å². The number of thiophene rings is 1. The largest absolute Gasteiger partial charge is 0.316 e. The molecule has 0 radical (unpaired) electrons. The predicted octanol–water partition coefficient (Wildman–Crippen LogP) is 3.44. The minimum Gasteiger partial charge on any atom is -0.316 e. The van der Waals surface area contributed by atoms with Crippen LogP contribution in [0.15, 0.2) is 35.7 Å². The molecule has 1 N–H and O–H groups in total. The summed E-state index contributed by atoms with van der Waals surface area (Å²) in [6, 6.07) is 10.9. The maximum absolute atomic E-state index is 3.17. The van der Waals surface area contributed by atoms with Crippen LogP contribution in [0.5, 0.6) is 0 Å². The van der Waals surface area contributed by atoms with Gasteiger partial charge >= 0.3 is 0 Å². The molecule has 0 unspecified atom stereocenters. The third kappa shape index (κ3) is 2.46. The number of hydrogen-bond acceptors (Lipinski definition) is 2. The Balaban J connectivity index is 2.32. The van der Waals surface area contributed by atoms with Crippen molar-refractivity contribution in [1.82, 2.24) is 5.32 Å². The summed E-state index contributed by atoms with van der Waals surface area (Å²) in [4.78, 5) is 1.36. The van der Waals surface area contributed by atoms with Crippen LogP contribution in [-0.2, 0) is 6.54 Å². The number of nitrogens with one attached hydrogen (secondary N) is 1. The molecule has 78 valence electrons. The van der Waals surface area contributed by atoms with Crippen LogP contribution in [0, 0.1) is 6.92 Å². The lowest BCUT2D eigenvalue weighted by Gasteiger charge is -2.02. The summed E-state index contributed by atoms with van der Waals surface area (Å²) in [6.45, 7) is 3.07. The Morgan fingerprint density at radius 3 is 2.73 bits per heavy atom. The van der Waals surface area contributed by atoms with E-state index < -0.39 is 0 Å². The zero-order valence-corrected chi connectivity index (χ0v) is 9.90. The average Bonchev–Trinajstić information content (AvgIpc) is 2.66. The monoisotopic (exact) mass is 217 g/mol. The van der Waals surface area contributed by atoms with Gasteiger partial charge in [-0.15, -0.1) is 11.3 Å². The summed E-state index contributed by atoms with van der Waals surface area (Å²) >= 11 is 1.80. The molecule has 0 amide bonds. The standard InChI is InChI=1S/C13H15NS/c1-10-6-13(9-15-10)12-5-3-4-11(7-12)8-14-2/h3-7,9,14H,8H2,1-2H3. The van der Waals surface area contributed by atoms with E-state index in [4.69, 9.17) is 0 Å². The Morgan fingerprint density at radius 2 is 2.07 bits per heavy atom. The van der Waals surface area contributed by atoms with E-state index in [9.17, 15) is 0 Å². The normalized spacial score (nSPS) is 10.5. The zero-order valence-electron chi connectivity index (χ0n) is 9.08. The first-order valence-corrected chi connectivity index (χ1v) is 5.96. The first kappa shape index (κ1) is 10.4. The smallest absolute Gasteiger partial charge is 0.0202 e. The molecular weight excluding hydrogens is 202 g/mol. The van der Waals surface area contributed by atoms with Gasteiger partial charge < -0.3 is 5.32 Å². The van der Waals surface area contributed by atoms with Gasteiger partial charge in [-0.2, -0.15) is 0 Å². The Morgan fingerprint density at radius 1 is 1.20 bits per heavy atom. The number of benzene rings is 1. The van der Waals surface area contributed by atoms with Crippen LogP contribution >= 0.6 is 11.3 Å². The Hall–Kier alpha value is -1.12. The molecule has 0 atom stereocenters. The molecule has 0 saturated carbocycles. The van der Waals surface area contributed by atoms with Gasteiger partial charge in [0.2, 0.25) is 0 Å². The van der Waals surface area contributed by atoms with Crippen LogP contribution < -0.4 is 5.32 Å². The first-order valence-electron chi connectivity index (χ1n) is 5.08. The second-order valence-corrected chi connectivity index (χ2v) is 4.79. The molecule has 0 aliphatic heterocycles. The number of rotatable bonds is 3. The molecule has 0 bridgehead atoms. The van der Waals surface area contributed by atoms with Gasteiger partial charge in [0.15, 0.2) is 0 Å². The SMILES string of the molecule is CNCc1cccc(-c2csc(C)c2)c1. The van der Waals surface area contributed by atoms with E-state index in [1.165, 1.54) is 21.6 Å². The molecule has 1 nitrogen and oxygen atoms in total. The first-order chi connectivity index (χ1) is 7.29. The van der Waals surface area contributed by atoms with E-state index >= 15 is 0 Å². The minimum atomic E-state index is 0.928. The number of hydrogen-bond donors (Lipinski definition) is 1. The van der Waals surface area contributed by atoms with Crippen molar-refractivity contribution in [3.63, 3.8) is 0 Å². The van der Waals surface area contributed by atoms with Crippen molar-refractivity contribution in [2.24, 2.45) is 0 Å². The molecule has 0 aliphatic rings. The molecule has 2 aromatic rings. The highest BCUT2D eigenvalue weighted by Gasteiger charge is 2.00. The van der Waals surface area contributed by atoms with E-state index in [2.05, 4.69) is 48.0 Å². The van der Waals surface area contributed by atoms with Crippen LogP contribution in [0.2, 0.25) is 0 Å². The molecule has 15 heavy (non-hydrogen) atoms. The van der Waals surface area contributed by atoms with Crippen LogP contribution in [0.3, 0.4) is 0 Å². The van der Waals surface area contributed by atoms with E-state index in [1.54, 1.807) is 11.3 Å². The van der Waals surface area contributed by atoms with E-state index in [1.807, 2.05) is 7.05 Å². The van der Waals surface area contributed by atoms with E-state index in [-0.39, 0.29) is 0 Å². The molecule has 0 fully saturated rings. The summed E-state index contributed by atoms with van der Waals surface area (Å²) in [5, 5.41) is 5.39. The van der Waals surface area contributed by atoms with Crippen molar-refractivity contribution in [3.05, 3.63) is 46.2 Å². The fourth-order valence-corrected chi connectivity index (χ4v) is 2.37. The van der Waals surface area contributed by atoms with Crippen molar-refractivity contribution in [3.8, 4) is 11.1 Å². The lowest BCUT2D eigenvalue weighted by Crippen LogP contribution is -2.04. The molecule has 0 aliphatic carbocycles. The van der Waals surface area contributed by atoms with Gasteiger partial charge in [0.1, 0.15) is 0 Å². The predicted molar refractivity (Wildman–Crippen MR) is 67.3 cm³/mol. The molecule has 1 aromatic heterocycles. The maximum atomic E-state index is 3.17. The summed E-state index contributed by atoms with van der Waals surface area (Å²) in [6.07, 6.45) is 0. The Kier molecular flexibility index (Phi) is 3.19. The average molecular weight is 217 g/mol. The summed E-state index contributed by atoms with van der Waals surface area (Å²) < 4.78 is 0. The Bertz CT molecular complexity index is 445. The summed E-state index contributed by atoms with van der Waals surface area (Å²) in [5.74, 6) is 0. The summed E-state index contributed by atoms with van der Waals surface area (Å²) in [5.41, 5.74) is 3.97. The molecular formula is C13H15NS. The number of aryl methyl sites for hydroxylation is 1. The van der Waals surface area contributed by atoms with Gasteiger partial charge in [-0.3, -0.25) is 0 Å². The van der Waals surface area contributed by atoms with Crippen molar-refractivity contribution in [1.29, 1.82) is 0 Å². The molecule has 1 aromatic carbocycles. The van der Waals surface area contributed by atoms with Crippen molar-refractivity contribution in [2.75, 3.05) is 7.05 Å². The topological polar surface area (TPSA) is 12.0 Å². The van der Waals surface area contributed by atoms with Crippen molar-refractivity contribution >= 4 is 11.3 Å². The molecule has 1 heterocycles. The Labute approximate surface area is 94.8 Å². The summed E-state index contributed by atoms with van der Waals surface area (Å²) in [7, 11) is 1.97. The second kappa shape index (κ2) is 4.60. The van der Waals surface area contributed by atoms with Crippen molar-refractivity contribution in [2.45, 2.75) is 13.5 Å². The van der Waals surface area contributed by atoms with Crippen LogP contribution in [0.4, 0.5) is 0 Å². The third-order valence-electron chi connectivity index (χ3n) is 2.37. The van der Waals surface area contributed by atoms with Gasteiger partial charge in [0, 0.05) is 11.4 Å². The maximum Gasteiger partial charge on any atom is 0.0202 e. The van der Waals surface area contributed by atoms with Crippen molar-refractivity contribution < 1.29 is 0 Å². The second-order valence-electron chi connectivity index (χ2n) is 3.68. The van der Waals surface area contributed by atoms with Crippen LogP contribution in [-0.4, -0.2) is 7.05 Å². The third-order valence-corrected chi connectivity index (χ3v) is 3.23. The highest BCUT2D eigenvalue weighted by molar-refractivity contribution is 7.10. The molecule has 0 spiro atoms. The van der Waals surface area contributed by atoms with E-state index in [0.29, 0.717) is 0 Å². The zero-order chi connectivity index (χ0) is 10.7. The highest BCUT2D eigenvalue weighted by atomic mass is 32.1. The van der Waals surface area contributed by atoms with Gasteiger partial charge in [0.25, 0.3) is 0 Å². The fourth-order valence-electron chi connectivity index (χ4n) is 1.66. The highest BCUT2D eigenvalue weighted by Crippen LogP contribution is 2.25. The van der Waals surface area contributed by atoms with Crippen LogP contribution in [0.25, 0.3) is 11.1 Å². The minimum absolute atomic E-state index is 0.928. The lowest BCUT2D eigenvalue weighted by atomic mass is 10.1. The fraction of sp³-hybridized carbons (Fsp3) is 0.231. The van der Waals surface area contributed by atoms with Gasteiger partial charge in [-0.1, -0.05) is 18.2 Å². The molecule has 2 rings (SSSR count). The van der Waals surface area contributed by atoms with E-state index in [0.717, 1.165) is 6.54 Å². The lowest BCUT2D eigenvalue weighted by molar-refractivity contribution is 0.818.